The molecule has 0 radical (unpaired) electrons. The van der Waals surface area contributed by atoms with Gasteiger partial charge in [-0.3, -0.25) is 4.21 Å². The first-order chi connectivity index (χ1) is 5.07. The van der Waals surface area contributed by atoms with Crippen LogP contribution in [0, 0.1) is 17.2 Å². The zero-order chi connectivity index (χ0) is 8.85. The summed E-state index contributed by atoms with van der Waals surface area (Å²) < 4.78 is 20.9. The maximum Gasteiger partial charge on any atom is 0.0633 e. The minimum atomic E-state index is -2.10. The zero-order valence-corrected chi connectivity index (χ0v) is 7.56. The van der Waals surface area contributed by atoms with Gasteiger partial charge in [0.1, 0.15) is 0 Å². The number of hydrogen-bond acceptors (Lipinski definition) is 3. The molecule has 0 saturated carbocycles. The van der Waals surface area contributed by atoms with E-state index in [0.29, 0.717) is 12.3 Å². The van der Waals surface area contributed by atoms with E-state index in [2.05, 4.69) is 0 Å². The van der Waals surface area contributed by atoms with Crippen molar-refractivity contribution in [2.24, 2.45) is 5.92 Å². The maximum atomic E-state index is 10.5. The van der Waals surface area contributed by atoms with Gasteiger partial charge < -0.3 is 4.55 Å². The third-order valence-electron chi connectivity index (χ3n) is 1.33. The average Bonchev–Trinajstić information content (AvgIpc) is 1.86. The summed E-state index contributed by atoms with van der Waals surface area (Å²) in [7, 11) is 0. The number of nitriles is 1. The van der Waals surface area contributed by atoms with Gasteiger partial charge in [-0.25, -0.2) is 0 Å². The molecular weight excluding hydrogens is 162 g/mol. The molecule has 4 heteroatoms. The first-order valence-corrected chi connectivity index (χ1v) is 4.66. The van der Waals surface area contributed by atoms with E-state index in [4.69, 9.17) is 5.26 Å². The molecule has 0 fully saturated rings. The Labute approximate surface area is 69.7 Å². The number of rotatable bonds is 4. The van der Waals surface area contributed by atoms with Crippen LogP contribution in [-0.2, 0) is 11.1 Å². The van der Waals surface area contributed by atoms with E-state index in [9.17, 15) is 8.76 Å². The molecule has 0 aromatic rings. The quantitative estimate of drug-likeness (QED) is 0.601. The van der Waals surface area contributed by atoms with Crippen molar-refractivity contribution in [1.82, 2.24) is 0 Å². The van der Waals surface area contributed by atoms with Crippen LogP contribution < -0.4 is 0 Å². The molecule has 11 heavy (non-hydrogen) atoms. The lowest BCUT2D eigenvalue weighted by Crippen LogP contribution is -2.16. The summed E-state index contributed by atoms with van der Waals surface area (Å²) in [6.45, 7) is 3.88. The fourth-order valence-electron chi connectivity index (χ4n) is 0.858. The minimum absolute atomic E-state index is 0.105. The SMILES string of the molecule is CC(C)CC(CC#N)S(=O)[O-]. The summed E-state index contributed by atoms with van der Waals surface area (Å²) in [4.78, 5) is 0. The fraction of sp³-hybridized carbons (Fsp3) is 0.857. The maximum absolute atomic E-state index is 10.5. The average molecular weight is 174 g/mol. The first kappa shape index (κ1) is 10.6. The van der Waals surface area contributed by atoms with E-state index in [-0.39, 0.29) is 6.42 Å². The van der Waals surface area contributed by atoms with Crippen LogP contribution >= 0.6 is 0 Å². The van der Waals surface area contributed by atoms with E-state index < -0.39 is 16.3 Å². The second-order valence-electron chi connectivity index (χ2n) is 2.87. The second kappa shape index (κ2) is 5.28. The molecule has 0 aromatic carbocycles. The van der Waals surface area contributed by atoms with Gasteiger partial charge in [-0.1, -0.05) is 24.9 Å². The molecule has 0 amide bonds. The van der Waals surface area contributed by atoms with Gasteiger partial charge in [0.2, 0.25) is 0 Å². The fourth-order valence-corrected chi connectivity index (χ4v) is 1.61. The lowest BCUT2D eigenvalue weighted by atomic mass is 10.1. The Kier molecular flexibility index (Phi) is 5.08. The molecule has 2 atom stereocenters. The molecule has 0 aliphatic carbocycles. The van der Waals surface area contributed by atoms with Gasteiger partial charge in [-0.2, -0.15) is 5.26 Å². The Bertz CT molecular complexity index is 174. The van der Waals surface area contributed by atoms with Crippen LogP contribution in [-0.4, -0.2) is 14.0 Å². The van der Waals surface area contributed by atoms with Crippen LogP contribution in [0.4, 0.5) is 0 Å². The van der Waals surface area contributed by atoms with Crippen molar-refractivity contribution >= 4 is 11.1 Å². The number of hydrogen-bond donors (Lipinski definition) is 0. The molecule has 0 bridgehead atoms. The third-order valence-corrected chi connectivity index (χ3v) is 2.23. The van der Waals surface area contributed by atoms with Crippen LogP contribution in [0.15, 0.2) is 0 Å². The number of nitrogens with zero attached hydrogens (tertiary/aromatic N) is 1. The molecular formula is C7H12NO2S-. The highest BCUT2D eigenvalue weighted by molar-refractivity contribution is 7.79. The highest BCUT2D eigenvalue weighted by atomic mass is 32.2. The Balaban J connectivity index is 3.92. The van der Waals surface area contributed by atoms with Crippen LogP contribution in [0.2, 0.25) is 0 Å². The molecule has 0 aromatic heterocycles. The lowest BCUT2D eigenvalue weighted by Gasteiger charge is -2.18. The van der Waals surface area contributed by atoms with Gasteiger partial charge in [-0.05, 0) is 12.3 Å². The Morgan fingerprint density at radius 2 is 2.18 bits per heavy atom. The van der Waals surface area contributed by atoms with Gasteiger partial charge in [0.05, 0.1) is 6.07 Å². The summed E-state index contributed by atoms with van der Waals surface area (Å²) in [6, 6.07) is 1.86. The van der Waals surface area contributed by atoms with Gasteiger partial charge in [0, 0.05) is 11.7 Å². The van der Waals surface area contributed by atoms with E-state index in [1.54, 1.807) is 0 Å². The molecule has 2 unspecified atom stereocenters. The molecule has 0 saturated heterocycles. The summed E-state index contributed by atoms with van der Waals surface area (Å²) in [6.07, 6.45) is 0.679. The molecule has 0 aliphatic heterocycles. The molecule has 0 N–H and O–H groups in total. The molecule has 3 nitrogen and oxygen atoms in total. The normalized spacial score (nSPS) is 15.9. The van der Waals surface area contributed by atoms with Gasteiger partial charge in [-0.15, -0.1) is 0 Å². The Morgan fingerprint density at radius 1 is 1.64 bits per heavy atom. The van der Waals surface area contributed by atoms with Gasteiger partial charge in [0.15, 0.2) is 0 Å². The molecule has 0 rings (SSSR count). The van der Waals surface area contributed by atoms with Crippen molar-refractivity contribution in [1.29, 1.82) is 5.26 Å². The van der Waals surface area contributed by atoms with E-state index in [1.807, 2.05) is 19.9 Å². The summed E-state index contributed by atoms with van der Waals surface area (Å²) in [5.74, 6) is 0.325. The molecule has 0 heterocycles. The standard InChI is InChI=1S/C7H13NO2S/c1-6(2)5-7(3-4-8)11(9)10/h6-7H,3,5H2,1-2H3,(H,9,10)/p-1. The van der Waals surface area contributed by atoms with Gasteiger partial charge >= 0.3 is 0 Å². The van der Waals surface area contributed by atoms with Crippen LogP contribution in [0.3, 0.4) is 0 Å². The first-order valence-electron chi connectivity index (χ1n) is 3.53. The van der Waals surface area contributed by atoms with Gasteiger partial charge in [0.25, 0.3) is 0 Å². The van der Waals surface area contributed by atoms with Crippen molar-refractivity contribution in [2.45, 2.75) is 31.9 Å². The van der Waals surface area contributed by atoms with Crippen molar-refractivity contribution in [3.05, 3.63) is 0 Å². The van der Waals surface area contributed by atoms with E-state index in [1.165, 1.54) is 0 Å². The van der Waals surface area contributed by atoms with E-state index >= 15 is 0 Å². The zero-order valence-electron chi connectivity index (χ0n) is 6.74. The molecule has 0 spiro atoms. The van der Waals surface area contributed by atoms with E-state index in [0.717, 1.165) is 0 Å². The van der Waals surface area contributed by atoms with Crippen LogP contribution in [0.5, 0.6) is 0 Å². The Morgan fingerprint density at radius 3 is 2.45 bits per heavy atom. The summed E-state index contributed by atoms with van der Waals surface area (Å²) >= 11 is -2.10. The molecule has 0 aliphatic rings. The monoisotopic (exact) mass is 174 g/mol. The largest absolute Gasteiger partial charge is 0.772 e. The van der Waals surface area contributed by atoms with Crippen molar-refractivity contribution in [3.8, 4) is 6.07 Å². The highest BCUT2D eigenvalue weighted by Gasteiger charge is 2.10. The summed E-state index contributed by atoms with van der Waals surface area (Å²) in [5, 5.41) is 7.79. The third kappa shape index (κ3) is 4.93. The smallest absolute Gasteiger partial charge is 0.0633 e. The van der Waals surface area contributed by atoms with Crippen molar-refractivity contribution < 1.29 is 8.76 Å². The van der Waals surface area contributed by atoms with Crippen molar-refractivity contribution in [3.63, 3.8) is 0 Å². The minimum Gasteiger partial charge on any atom is -0.772 e. The van der Waals surface area contributed by atoms with Crippen LogP contribution in [0.1, 0.15) is 26.7 Å². The van der Waals surface area contributed by atoms with Crippen molar-refractivity contribution in [2.75, 3.05) is 0 Å². The van der Waals surface area contributed by atoms with Crippen LogP contribution in [0.25, 0.3) is 0 Å². The second-order valence-corrected chi connectivity index (χ2v) is 4.06. The molecule has 64 valence electrons. The summed E-state index contributed by atoms with van der Waals surface area (Å²) in [5.41, 5.74) is 0. The Hall–Kier alpha value is -0.400. The lowest BCUT2D eigenvalue weighted by molar-refractivity contribution is 0.491. The topological polar surface area (TPSA) is 63.9 Å². The highest BCUT2D eigenvalue weighted by Crippen LogP contribution is 2.11. The predicted molar refractivity (Wildman–Crippen MR) is 42.4 cm³/mol. The predicted octanol–water partition coefficient (Wildman–Crippen LogP) is 1.19.